The van der Waals surface area contributed by atoms with Crippen molar-refractivity contribution in [2.24, 2.45) is 0 Å². The molecule has 4 heteroatoms. The lowest BCUT2D eigenvalue weighted by Gasteiger charge is -2.19. The first-order valence-corrected chi connectivity index (χ1v) is 7.99. The summed E-state index contributed by atoms with van der Waals surface area (Å²) >= 11 is 13.9. The van der Waals surface area contributed by atoms with E-state index >= 15 is 0 Å². The Kier molecular flexibility index (Phi) is 5.28. The van der Waals surface area contributed by atoms with Crippen LogP contribution in [0.2, 0.25) is 10.0 Å². The number of benzene rings is 1. The van der Waals surface area contributed by atoms with Crippen LogP contribution in [-0.2, 0) is 0 Å². The minimum atomic E-state index is 0.190. The smallest absolute Gasteiger partial charge is 0.0674 e. The van der Waals surface area contributed by atoms with Gasteiger partial charge in [-0.05, 0) is 54.6 Å². The van der Waals surface area contributed by atoms with Crippen LogP contribution in [0.4, 0.5) is 0 Å². The Bertz CT molecular complexity index is 551. The monoisotopic (exact) mass is 313 g/mol. The second-order valence-electron chi connectivity index (χ2n) is 4.53. The third kappa shape index (κ3) is 3.51. The fourth-order valence-corrected chi connectivity index (χ4v) is 3.36. The summed E-state index contributed by atoms with van der Waals surface area (Å²) in [6.07, 6.45) is 1.10. The van der Waals surface area contributed by atoms with Crippen molar-refractivity contribution in [2.45, 2.75) is 26.3 Å². The van der Waals surface area contributed by atoms with E-state index in [2.05, 4.69) is 30.6 Å². The molecule has 2 rings (SSSR count). The Labute approximate surface area is 128 Å². The van der Waals surface area contributed by atoms with Crippen molar-refractivity contribution < 1.29 is 0 Å². The fourth-order valence-electron chi connectivity index (χ4n) is 2.02. The molecule has 0 saturated heterocycles. The van der Waals surface area contributed by atoms with Gasteiger partial charge in [0.1, 0.15) is 0 Å². The van der Waals surface area contributed by atoms with Gasteiger partial charge in [0, 0.05) is 4.88 Å². The third-order valence-corrected chi connectivity index (χ3v) is 4.86. The molecule has 1 unspecified atom stereocenters. The van der Waals surface area contributed by atoms with Crippen molar-refractivity contribution in [3.05, 3.63) is 55.7 Å². The second kappa shape index (κ2) is 6.76. The van der Waals surface area contributed by atoms with E-state index in [0.29, 0.717) is 10.0 Å². The minimum absolute atomic E-state index is 0.190. The lowest BCUT2D eigenvalue weighted by atomic mass is 10.0. The van der Waals surface area contributed by atoms with Crippen LogP contribution >= 0.6 is 34.5 Å². The average Bonchev–Trinajstić information content (AvgIpc) is 2.80. The zero-order valence-corrected chi connectivity index (χ0v) is 13.4. The minimum Gasteiger partial charge on any atom is -0.306 e. The molecular weight excluding hydrogens is 297 g/mol. The van der Waals surface area contributed by atoms with Gasteiger partial charge in [-0.2, -0.15) is 0 Å². The zero-order valence-electron chi connectivity index (χ0n) is 11.0. The van der Waals surface area contributed by atoms with Crippen LogP contribution in [0.15, 0.2) is 29.6 Å². The van der Waals surface area contributed by atoms with Crippen LogP contribution < -0.4 is 5.32 Å². The molecule has 1 atom stereocenters. The molecule has 1 N–H and O–H groups in total. The SMILES string of the molecule is CCCNC(c1ccc(Cl)c(Cl)c1)c1sccc1C. The van der Waals surface area contributed by atoms with Crippen LogP contribution in [0.3, 0.4) is 0 Å². The molecule has 2 aromatic rings. The van der Waals surface area contributed by atoms with Crippen molar-refractivity contribution in [1.82, 2.24) is 5.32 Å². The molecular formula is C15H17Cl2NS. The highest BCUT2D eigenvalue weighted by Gasteiger charge is 2.17. The second-order valence-corrected chi connectivity index (χ2v) is 6.29. The predicted molar refractivity (Wildman–Crippen MR) is 85.7 cm³/mol. The Morgan fingerprint density at radius 2 is 2.00 bits per heavy atom. The van der Waals surface area contributed by atoms with Gasteiger partial charge >= 0.3 is 0 Å². The van der Waals surface area contributed by atoms with E-state index in [1.54, 1.807) is 11.3 Å². The summed E-state index contributed by atoms with van der Waals surface area (Å²) in [6.45, 7) is 5.28. The molecule has 0 aliphatic carbocycles. The van der Waals surface area contributed by atoms with E-state index < -0.39 is 0 Å². The number of aryl methyl sites for hydroxylation is 1. The van der Waals surface area contributed by atoms with Gasteiger partial charge in [0.15, 0.2) is 0 Å². The molecule has 19 heavy (non-hydrogen) atoms. The first-order chi connectivity index (χ1) is 9.13. The summed E-state index contributed by atoms with van der Waals surface area (Å²) in [5, 5.41) is 6.92. The van der Waals surface area contributed by atoms with E-state index in [4.69, 9.17) is 23.2 Å². The number of thiophene rings is 1. The van der Waals surface area contributed by atoms with Crippen LogP contribution in [0.25, 0.3) is 0 Å². The Morgan fingerprint density at radius 1 is 1.21 bits per heavy atom. The normalized spacial score (nSPS) is 12.6. The van der Waals surface area contributed by atoms with Crippen molar-refractivity contribution in [2.75, 3.05) is 6.54 Å². The van der Waals surface area contributed by atoms with Gasteiger partial charge in [-0.3, -0.25) is 0 Å². The number of rotatable bonds is 5. The first kappa shape index (κ1) is 14.9. The van der Waals surface area contributed by atoms with Crippen molar-refractivity contribution in [3.63, 3.8) is 0 Å². The van der Waals surface area contributed by atoms with Gasteiger partial charge in [-0.25, -0.2) is 0 Å². The van der Waals surface area contributed by atoms with Crippen LogP contribution in [0, 0.1) is 6.92 Å². The molecule has 0 aliphatic heterocycles. The van der Waals surface area contributed by atoms with Gasteiger partial charge in [0.2, 0.25) is 0 Å². The largest absolute Gasteiger partial charge is 0.306 e. The van der Waals surface area contributed by atoms with Gasteiger partial charge in [0.25, 0.3) is 0 Å². The summed E-state index contributed by atoms with van der Waals surface area (Å²) in [6, 6.07) is 8.20. The van der Waals surface area contributed by atoms with Gasteiger partial charge in [-0.1, -0.05) is 36.2 Å². The summed E-state index contributed by atoms with van der Waals surface area (Å²) in [7, 11) is 0. The Balaban J connectivity index is 2.37. The maximum atomic E-state index is 6.14. The highest BCUT2D eigenvalue weighted by Crippen LogP contribution is 2.32. The van der Waals surface area contributed by atoms with Gasteiger partial charge < -0.3 is 5.32 Å². The number of hydrogen-bond acceptors (Lipinski definition) is 2. The lowest BCUT2D eigenvalue weighted by Crippen LogP contribution is -2.23. The van der Waals surface area contributed by atoms with Gasteiger partial charge in [-0.15, -0.1) is 11.3 Å². The molecule has 1 nitrogen and oxygen atoms in total. The third-order valence-electron chi connectivity index (χ3n) is 3.04. The molecule has 1 heterocycles. The topological polar surface area (TPSA) is 12.0 Å². The number of nitrogens with one attached hydrogen (secondary N) is 1. The van der Waals surface area contributed by atoms with Crippen LogP contribution in [-0.4, -0.2) is 6.54 Å². The molecule has 0 bridgehead atoms. The van der Waals surface area contributed by atoms with Crippen LogP contribution in [0.5, 0.6) is 0 Å². The van der Waals surface area contributed by atoms with E-state index in [9.17, 15) is 0 Å². The van der Waals surface area contributed by atoms with E-state index in [1.165, 1.54) is 10.4 Å². The Hall–Kier alpha value is -0.540. The number of halogens is 2. The standard InChI is InChI=1S/C15H17Cl2NS/c1-3-7-18-14(15-10(2)6-8-19-15)11-4-5-12(16)13(17)9-11/h4-6,8-9,14,18H,3,7H2,1-2H3. The summed E-state index contributed by atoms with van der Waals surface area (Å²) in [5.74, 6) is 0. The molecule has 0 spiro atoms. The highest BCUT2D eigenvalue weighted by atomic mass is 35.5. The van der Waals surface area contributed by atoms with E-state index in [0.717, 1.165) is 18.5 Å². The molecule has 1 aromatic carbocycles. The molecule has 102 valence electrons. The summed E-state index contributed by atoms with van der Waals surface area (Å²) < 4.78 is 0. The molecule has 0 fully saturated rings. The van der Waals surface area contributed by atoms with Crippen molar-refractivity contribution in [1.29, 1.82) is 0 Å². The Morgan fingerprint density at radius 3 is 2.58 bits per heavy atom. The summed E-state index contributed by atoms with van der Waals surface area (Å²) in [4.78, 5) is 1.34. The van der Waals surface area contributed by atoms with E-state index in [-0.39, 0.29) is 6.04 Å². The lowest BCUT2D eigenvalue weighted by molar-refractivity contribution is 0.604. The first-order valence-electron chi connectivity index (χ1n) is 6.35. The molecule has 0 radical (unpaired) electrons. The van der Waals surface area contributed by atoms with Crippen molar-refractivity contribution in [3.8, 4) is 0 Å². The molecule has 1 aromatic heterocycles. The fraction of sp³-hybridized carbons (Fsp3) is 0.333. The quantitative estimate of drug-likeness (QED) is 0.773. The van der Waals surface area contributed by atoms with E-state index in [1.807, 2.05) is 18.2 Å². The average molecular weight is 314 g/mol. The zero-order chi connectivity index (χ0) is 13.8. The highest BCUT2D eigenvalue weighted by molar-refractivity contribution is 7.10. The molecule has 0 amide bonds. The maximum Gasteiger partial charge on any atom is 0.0674 e. The number of hydrogen-bond donors (Lipinski definition) is 1. The summed E-state index contributed by atoms with van der Waals surface area (Å²) in [5.41, 5.74) is 2.47. The molecule has 0 saturated carbocycles. The van der Waals surface area contributed by atoms with Crippen LogP contribution in [0.1, 0.15) is 35.4 Å². The maximum absolute atomic E-state index is 6.14. The van der Waals surface area contributed by atoms with Gasteiger partial charge in [0.05, 0.1) is 16.1 Å². The molecule has 0 aliphatic rings. The predicted octanol–water partition coefficient (Wildman–Crippen LogP) is 5.45. The van der Waals surface area contributed by atoms with Crippen molar-refractivity contribution >= 4 is 34.5 Å².